The van der Waals surface area contributed by atoms with E-state index in [-0.39, 0.29) is 24.8 Å². The van der Waals surface area contributed by atoms with E-state index in [1.807, 2.05) is 0 Å². The molecule has 0 spiro atoms. The van der Waals surface area contributed by atoms with Crippen LogP contribution in [-0.2, 0) is 24.7 Å². The standard InChI is InChI=1S/C16H13.C2H8Si.2ClH.Zr/c1-12-10-14-8-5-9-15(16(14)11-12)13-6-3-2-4-7-13;1-3-2;;;/h2-11H,1H3;3H2,1-2H3;2*1H;/q;;;;+2/p-2. The number of allylic oxidation sites excluding steroid dienone is 1. The van der Waals surface area contributed by atoms with Crippen molar-refractivity contribution in [2.24, 2.45) is 0 Å². The first-order valence-electron chi connectivity index (χ1n) is 7.26. The topological polar surface area (TPSA) is 0 Å². The van der Waals surface area contributed by atoms with E-state index in [1.54, 1.807) is 24.7 Å². The van der Waals surface area contributed by atoms with Gasteiger partial charge in [-0.1, -0.05) is 13.1 Å². The molecule has 0 aromatic heterocycles. The Balaban J connectivity index is 0.000000820. The fourth-order valence-electron chi connectivity index (χ4n) is 2.42. The zero-order chi connectivity index (χ0) is 14.5. The zero-order valence-electron chi connectivity index (χ0n) is 13.2. The summed E-state index contributed by atoms with van der Waals surface area (Å²) in [4.78, 5) is 0. The quantitative estimate of drug-likeness (QED) is 0.492. The van der Waals surface area contributed by atoms with Crippen LogP contribution >= 0.6 is 0 Å². The van der Waals surface area contributed by atoms with Gasteiger partial charge in [0.2, 0.25) is 0 Å². The number of fused-ring (bicyclic) bond motifs is 1. The van der Waals surface area contributed by atoms with E-state index in [2.05, 4.69) is 74.6 Å². The van der Waals surface area contributed by atoms with Crippen LogP contribution in [-0.4, -0.2) is 9.52 Å². The predicted molar refractivity (Wildman–Crippen MR) is 88.5 cm³/mol. The van der Waals surface area contributed by atoms with Crippen LogP contribution in [0.5, 0.6) is 0 Å². The fraction of sp³-hybridized carbons (Fsp3) is 0.222. The van der Waals surface area contributed by atoms with Gasteiger partial charge >= 0.3 is 118 Å². The molecule has 0 bridgehead atoms. The molecule has 0 heterocycles. The Morgan fingerprint density at radius 2 is 1.50 bits per heavy atom. The van der Waals surface area contributed by atoms with E-state index in [1.165, 1.54) is 27.8 Å². The zero-order valence-corrected chi connectivity index (χ0v) is 18.6. The van der Waals surface area contributed by atoms with Gasteiger partial charge in [-0.2, -0.15) is 0 Å². The van der Waals surface area contributed by atoms with E-state index in [0.717, 1.165) is 0 Å². The first-order chi connectivity index (χ1) is 9.69. The fourth-order valence-corrected chi connectivity index (χ4v) is 3.25. The maximum Gasteiger partial charge on any atom is 0.0135 e. The number of hydrogen-bond donors (Lipinski definition) is 0. The second-order valence-corrected chi connectivity index (χ2v) is 8.04. The predicted octanol–water partition coefficient (Wildman–Crippen LogP) is -1.38. The van der Waals surface area contributed by atoms with Gasteiger partial charge < -0.3 is 24.8 Å². The molecule has 0 N–H and O–H groups in total. The van der Waals surface area contributed by atoms with Crippen molar-refractivity contribution in [2.45, 2.75) is 23.6 Å². The Morgan fingerprint density at radius 3 is 2.09 bits per heavy atom. The maximum absolute atomic E-state index is 2.36. The number of halogens is 2. The maximum atomic E-state index is 2.36. The van der Waals surface area contributed by atoms with Crippen molar-refractivity contribution in [1.82, 2.24) is 0 Å². The van der Waals surface area contributed by atoms with E-state index >= 15 is 0 Å². The molecule has 0 radical (unpaired) electrons. The average molecular weight is 428 g/mol. The summed E-state index contributed by atoms with van der Waals surface area (Å²) in [7, 11) is 0.417. The molecule has 0 amide bonds. The Morgan fingerprint density at radius 1 is 0.909 bits per heavy atom. The molecule has 1 aliphatic rings. The van der Waals surface area contributed by atoms with Gasteiger partial charge in [-0.3, -0.25) is 0 Å². The minimum Gasteiger partial charge on any atom is -1.00 e. The van der Waals surface area contributed by atoms with E-state index in [4.69, 9.17) is 0 Å². The van der Waals surface area contributed by atoms with Crippen LogP contribution in [0.4, 0.5) is 0 Å². The van der Waals surface area contributed by atoms with E-state index in [9.17, 15) is 0 Å². The Labute approximate surface area is 164 Å². The van der Waals surface area contributed by atoms with E-state index < -0.39 is 0 Å². The van der Waals surface area contributed by atoms with Crippen molar-refractivity contribution < 1.29 is 49.5 Å². The molecule has 2 aromatic carbocycles. The molecule has 1 atom stereocenters. The van der Waals surface area contributed by atoms with Crippen molar-refractivity contribution in [3.8, 4) is 11.1 Å². The molecule has 4 heteroatoms. The van der Waals surface area contributed by atoms with Crippen LogP contribution in [0.2, 0.25) is 13.1 Å². The monoisotopic (exact) mass is 425 g/mol. The summed E-state index contributed by atoms with van der Waals surface area (Å²) >= 11 is 1.58. The summed E-state index contributed by atoms with van der Waals surface area (Å²) in [5, 5.41) is 0. The molecule has 2 aromatic rings. The summed E-state index contributed by atoms with van der Waals surface area (Å²) in [6.45, 7) is 6.77. The summed E-state index contributed by atoms with van der Waals surface area (Å²) in [5.74, 6) is 0. The van der Waals surface area contributed by atoms with Crippen molar-refractivity contribution in [3.05, 3.63) is 65.2 Å². The van der Waals surface area contributed by atoms with Crippen LogP contribution in [0.15, 0.2) is 54.1 Å². The van der Waals surface area contributed by atoms with Crippen molar-refractivity contribution >= 4 is 15.6 Å². The van der Waals surface area contributed by atoms with Gasteiger partial charge in [0.1, 0.15) is 0 Å². The van der Waals surface area contributed by atoms with Gasteiger partial charge in [-0.25, -0.2) is 0 Å². The average Bonchev–Trinajstić information content (AvgIpc) is 2.76. The Bertz CT molecular complexity index is 612. The summed E-state index contributed by atoms with van der Waals surface area (Å²) < 4.78 is 0.654. The molecule has 0 saturated heterocycles. The number of hydrogen-bond acceptors (Lipinski definition) is 0. The largest absolute Gasteiger partial charge is 1.00 e. The minimum atomic E-state index is 0. The first-order valence-corrected chi connectivity index (χ1v) is 11.5. The summed E-state index contributed by atoms with van der Waals surface area (Å²) in [6, 6.07) is 17.3. The van der Waals surface area contributed by atoms with Gasteiger partial charge in [-0.05, 0) is 0 Å². The van der Waals surface area contributed by atoms with Gasteiger partial charge in [0.05, 0.1) is 0 Å². The van der Waals surface area contributed by atoms with Crippen LogP contribution < -0.4 is 24.8 Å². The molecule has 0 nitrogen and oxygen atoms in total. The molecule has 0 fully saturated rings. The molecular formula is C18H21Cl2SiZr. The van der Waals surface area contributed by atoms with Gasteiger partial charge in [0, 0.05) is 9.52 Å². The molecule has 0 saturated carbocycles. The molecule has 1 aliphatic carbocycles. The summed E-state index contributed by atoms with van der Waals surface area (Å²) in [6.07, 6.45) is 2.36. The first kappa shape index (κ1) is 21.9. The molecule has 1 unspecified atom stereocenters. The number of rotatable bonds is 1. The molecular weight excluding hydrogens is 406 g/mol. The third-order valence-electron chi connectivity index (χ3n) is 3.36. The van der Waals surface area contributed by atoms with Crippen LogP contribution in [0, 0.1) is 0 Å². The smallest absolute Gasteiger partial charge is 0.0135 e. The third-order valence-corrected chi connectivity index (χ3v) is 5.25. The van der Waals surface area contributed by atoms with Gasteiger partial charge in [0.15, 0.2) is 0 Å². The number of benzene rings is 2. The molecule has 3 rings (SSSR count). The van der Waals surface area contributed by atoms with Gasteiger partial charge in [0.25, 0.3) is 0 Å². The minimum absolute atomic E-state index is 0. The SMILES string of the molecule is CC1=Cc2c(-c3ccccc3)cccc2[CH]1[Zr+2].C[SiH2]C.[Cl-].[Cl-]. The van der Waals surface area contributed by atoms with Gasteiger partial charge in [-0.15, -0.1) is 0 Å². The van der Waals surface area contributed by atoms with Crippen LogP contribution in [0.3, 0.4) is 0 Å². The molecule has 22 heavy (non-hydrogen) atoms. The van der Waals surface area contributed by atoms with Crippen molar-refractivity contribution in [2.75, 3.05) is 0 Å². The molecule has 115 valence electrons. The normalized spacial score (nSPS) is 14.6. The van der Waals surface area contributed by atoms with Crippen LogP contribution in [0.1, 0.15) is 21.7 Å². The Kier molecular flexibility index (Phi) is 10.5. The summed E-state index contributed by atoms with van der Waals surface area (Å²) in [5.41, 5.74) is 7.12. The third kappa shape index (κ3) is 4.93. The Hall–Kier alpha value is -0.140. The second kappa shape index (κ2) is 10.6. The van der Waals surface area contributed by atoms with Crippen molar-refractivity contribution in [3.63, 3.8) is 0 Å². The van der Waals surface area contributed by atoms with Crippen LogP contribution in [0.25, 0.3) is 17.2 Å². The van der Waals surface area contributed by atoms with Crippen molar-refractivity contribution in [1.29, 1.82) is 0 Å². The van der Waals surface area contributed by atoms with E-state index in [0.29, 0.717) is 13.1 Å². The molecule has 0 aliphatic heterocycles. The second-order valence-electron chi connectivity index (χ2n) is 5.20.